The third-order valence-corrected chi connectivity index (χ3v) is 4.70. The van der Waals surface area contributed by atoms with Gasteiger partial charge in [0, 0.05) is 24.8 Å². The number of fused-ring (bicyclic) bond motifs is 1. The lowest BCUT2D eigenvalue weighted by molar-refractivity contribution is 0.260. The summed E-state index contributed by atoms with van der Waals surface area (Å²) in [5.41, 5.74) is 8.50. The van der Waals surface area contributed by atoms with Gasteiger partial charge in [-0.05, 0) is 37.7 Å². The van der Waals surface area contributed by atoms with Crippen LogP contribution in [0.15, 0.2) is 12.3 Å². The van der Waals surface area contributed by atoms with E-state index < -0.39 is 0 Å². The molecule has 4 heteroatoms. The minimum Gasteiger partial charge on any atom is -0.493 e. The molecule has 2 heterocycles. The highest BCUT2D eigenvalue weighted by atomic mass is 16.5. The van der Waals surface area contributed by atoms with Gasteiger partial charge in [-0.3, -0.25) is 4.98 Å². The van der Waals surface area contributed by atoms with Crippen LogP contribution < -0.4 is 15.4 Å². The molecule has 4 nitrogen and oxygen atoms in total. The van der Waals surface area contributed by atoms with E-state index in [0.717, 1.165) is 30.5 Å². The predicted octanol–water partition coefficient (Wildman–Crippen LogP) is 1.96. The average Bonchev–Trinajstić information content (AvgIpc) is 2.84. The SMILES string of the molecule is COc1cnc(C)cc1N1CC2CCCC(N)C2C1. The molecular weight excluding hydrogens is 238 g/mol. The molecule has 1 aromatic heterocycles. The second-order valence-corrected chi connectivity index (χ2v) is 5.92. The van der Waals surface area contributed by atoms with Crippen LogP contribution in [0.25, 0.3) is 0 Å². The van der Waals surface area contributed by atoms with Gasteiger partial charge in [0.1, 0.15) is 0 Å². The molecule has 1 aliphatic heterocycles. The molecule has 19 heavy (non-hydrogen) atoms. The van der Waals surface area contributed by atoms with Crippen molar-refractivity contribution in [3.05, 3.63) is 18.0 Å². The molecule has 0 bridgehead atoms. The van der Waals surface area contributed by atoms with E-state index in [0.29, 0.717) is 12.0 Å². The van der Waals surface area contributed by atoms with Crippen LogP contribution in [0.3, 0.4) is 0 Å². The van der Waals surface area contributed by atoms with E-state index in [1.54, 1.807) is 7.11 Å². The Kier molecular flexibility index (Phi) is 3.35. The maximum Gasteiger partial charge on any atom is 0.160 e. The fourth-order valence-corrected chi connectivity index (χ4v) is 3.65. The second-order valence-electron chi connectivity index (χ2n) is 5.92. The number of rotatable bonds is 2. The molecule has 1 aliphatic carbocycles. The van der Waals surface area contributed by atoms with Gasteiger partial charge < -0.3 is 15.4 Å². The van der Waals surface area contributed by atoms with Gasteiger partial charge in [0.15, 0.2) is 5.75 Å². The van der Waals surface area contributed by atoms with Gasteiger partial charge in [-0.1, -0.05) is 6.42 Å². The summed E-state index contributed by atoms with van der Waals surface area (Å²) in [6.45, 7) is 4.20. The minimum absolute atomic E-state index is 0.373. The molecule has 3 rings (SSSR count). The highest BCUT2D eigenvalue weighted by Gasteiger charge is 2.39. The quantitative estimate of drug-likeness (QED) is 0.884. The lowest BCUT2D eigenvalue weighted by atomic mass is 9.78. The number of ether oxygens (including phenoxy) is 1. The van der Waals surface area contributed by atoms with Gasteiger partial charge in [-0.15, -0.1) is 0 Å². The van der Waals surface area contributed by atoms with E-state index in [9.17, 15) is 0 Å². The van der Waals surface area contributed by atoms with Crippen molar-refractivity contribution in [1.29, 1.82) is 0 Å². The number of pyridine rings is 1. The largest absolute Gasteiger partial charge is 0.493 e. The number of nitrogens with zero attached hydrogens (tertiary/aromatic N) is 2. The molecule has 0 radical (unpaired) electrons. The van der Waals surface area contributed by atoms with Crippen LogP contribution in [0.1, 0.15) is 25.0 Å². The van der Waals surface area contributed by atoms with Gasteiger partial charge >= 0.3 is 0 Å². The summed E-state index contributed by atoms with van der Waals surface area (Å²) in [7, 11) is 1.71. The molecule has 2 N–H and O–H groups in total. The number of aryl methyl sites for hydroxylation is 1. The molecule has 2 fully saturated rings. The van der Waals surface area contributed by atoms with Gasteiger partial charge in [0.25, 0.3) is 0 Å². The molecule has 2 aliphatic rings. The first kappa shape index (κ1) is 12.7. The molecule has 1 saturated carbocycles. The highest BCUT2D eigenvalue weighted by Crippen LogP contribution is 2.40. The van der Waals surface area contributed by atoms with Crippen LogP contribution in [0.5, 0.6) is 5.75 Å². The molecule has 1 aromatic rings. The fourth-order valence-electron chi connectivity index (χ4n) is 3.65. The monoisotopic (exact) mass is 261 g/mol. The number of nitrogens with two attached hydrogens (primary N) is 1. The number of methoxy groups -OCH3 is 1. The lowest BCUT2D eigenvalue weighted by Gasteiger charge is -2.29. The van der Waals surface area contributed by atoms with E-state index in [4.69, 9.17) is 10.5 Å². The summed E-state index contributed by atoms with van der Waals surface area (Å²) in [5, 5.41) is 0. The summed E-state index contributed by atoms with van der Waals surface area (Å²) < 4.78 is 5.46. The normalized spacial score (nSPS) is 30.3. The van der Waals surface area contributed by atoms with Crippen molar-refractivity contribution in [3.63, 3.8) is 0 Å². The summed E-state index contributed by atoms with van der Waals surface area (Å²) in [5.74, 6) is 2.27. The van der Waals surface area contributed by atoms with E-state index in [-0.39, 0.29) is 0 Å². The van der Waals surface area contributed by atoms with Crippen molar-refractivity contribution in [3.8, 4) is 5.75 Å². The summed E-state index contributed by atoms with van der Waals surface area (Å²) in [6, 6.07) is 2.50. The Bertz CT molecular complexity index is 463. The number of hydrogen-bond donors (Lipinski definition) is 1. The summed E-state index contributed by atoms with van der Waals surface area (Å²) in [6.07, 6.45) is 5.61. The van der Waals surface area contributed by atoms with Crippen LogP contribution >= 0.6 is 0 Å². The standard InChI is InChI=1S/C15H23N3O/c1-10-6-14(15(19-2)7-17-10)18-8-11-4-3-5-13(16)12(11)9-18/h6-7,11-13H,3-5,8-9,16H2,1-2H3. The van der Waals surface area contributed by atoms with E-state index in [2.05, 4.69) is 16.0 Å². The molecule has 0 spiro atoms. The number of anilines is 1. The Morgan fingerprint density at radius 3 is 2.95 bits per heavy atom. The summed E-state index contributed by atoms with van der Waals surface area (Å²) >= 11 is 0. The fraction of sp³-hybridized carbons (Fsp3) is 0.667. The Balaban J connectivity index is 1.86. The second kappa shape index (κ2) is 5.00. The summed E-state index contributed by atoms with van der Waals surface area (Å²) in [4.78, 5) is 6.75. The zero-order valence-corrected chi connectivity index (χ0v) is 11.8. The minimum atomic E-state index is 0.373. The molecule has 3 atom stereocenters. The predicted molar refractivity (Wildman–Crippen MR) is 76.5 cm³/mol. The van der Waals surface area contributed by atoms with Crippen molar-refractivity contribution in [2.24, 2.45) is 17.6 Å². The van der Waals surface area contributed by atoms with Gasteiger partial charge in [-0.25, -0.2) is 0 Å². The van der Waals surface area contributed by atoms with Crippen LogP contribution in [0, 0.1) is 18.8 Å². The van der Waals surface area contributed by atoms with Crippen molar-refractivity contribution in [2.75, 3.05) is 25.1 Å². The maximum atomic E-state index is 6.29. The highest BCUT2D eigenvalue weighted by molar-refractivity contribution is 5.59. The van der Waals surface area contributed by atoms with Crippen molar-refractivity contribution >= 4 is 5.69 Å². The zero-order valence-electron chi connectivity index (χ0n) is 11.8. The van der Waals surface area contributed by atoms with Crippen LogP contribution in [0.4, 0.5) is 5.69 Å². The van der Waals surface area contributed by atoms with Crippen LogP contribution in [-0.2, 0) is 0 Å². The van der Waals surface area contributed by atoms with E-state index >= 15 is 0 Å². The third-order valence-electron chi connectivity index (χ3n) is 4.70. The van der Waals surface area contributed by atoms with Crippen LogP contribution in [0.2, 0.25) is 0 Å². The molecule has 1 saturated heterocycles. The Morgan fingerprint density at radius 1 is 1.37 bits per heavy atom. The lowest BCUT2D eigenvalue weighted by Crippen LogP contribution is -2.38. The third kappa shape index (κ3) is 2.29. The van der Waals surface area contributed by atoms with Crippen molar-refractivity contribution < 1.29 is 4.74 Å². The molecular formula is C15H23N3O. The first-order valence-corrected chi connectivity index (χ1v) is 7.20. The maximum absolute atomic E-state index is 6.29. The number of hydrogen-bond acceptors (Lipinski definition) is 4. The van der Waals surface area contributed by atoms with Crippen molar-refractivity contribution in [2.45, 2.75) is 32.2 Å². The smallest absolute Gasteiger partial charge is 0.160 e. The van der Waals surface area contributed by atoms with Crippen LogP contribution in [-0.4, -0.2) is 31.2 Å². The van der Waals surface area contributed by atoms with E-state index in [1.807, 2.05) is 13.1 Å². The molecule has 0 aromatic carbocycles. The average molecular weight is 261 g/mol. The first-order chi connectivity index (χ1) is 9.19. The Labute approximate surface area is 115 Å². The van der Waals surface area contributed by atoms with E-state index in [1.165, 1.54) is 24.9 Å². The van der Waals surface area contributed by atoms with Gasteiger partial charge in [-0.2, -0.15) is 0 Å². The topological polar surface area (TPSA) is 51.4 Å². The zero-order chi connectivity index (χ0) is 13.4. The molecule has 3 unspecified atom stereocenters. The molecule has 104 valence electrons. The van der Waals surface area contributed by atoms with Crippen molar-refractivity contribution in [1.82, 2.24) is 4.98 Å². The number of aromatic nitrogens is 1. The Hall–Kier alpha value is -1.29. The van der Waals surface area contributed by atoms with Gasteiger partial charge in [0.05, 0.1) is 19.0 Å². The Morgan fingerprint density at radius 2 is 2.21 bits per heavy atom. The molecule has 0 amide bonds. The van der Waals surface area contributed by atoms with Gasteiger partial charge in [0.2, 0.25) is 0 Å². The first-order valence-electron chi connectivity index (χ1n) is 7.20.